The molecule has 0 unspecified atom stereocenters. The summed E-state index contributed by atoms with van der Waals surface area (Å²) in [5.74, 6) is 2.52. The minimum atomic E-state index is -0.112. The number of methoxy groups -OCH3 is 1. The van der Waals surface area contributed by atoms with E-state index in [1.807, 2.05) is 36.4 Å². The van der Waals surface area contributed by atoms with Crippen LogP contribution in [0.1, 0.15) is 16.9 Å². The van der Waals surface area contributed by atoms with Crippen molar-refractivity contribution in [1.82, 2.24) is 0 Å². The number of halogens is 1. The van der Waals surface area contributed by atoms with Gasteiger partial charge in [0.1, 0.15) is 35.2 Å². The Balaban J connectivity index is 1.48. The Morgan fingerprint density at radius 1 is 1.09 bits per heavy atom. The van der Waals surface area contributed by atoms with E-state index in [0.717, 1.165) is 21.3 Å². The molecular weight excluding hydrogens is 488 g/mol. The lowest BCUT2D eigenvalue weighted by atomic mass is 10.0. The molecular formula is C26H21BrO6. The highest BCUT2D eigenvalue weighted by Gasteiger charge is 2.19. The molecule has 0 aliphatic carbocycles. The molecule has 1 aliphatic heterocycles. The van der Waals surface area contributed by atoms with Crippen molar-refractivity contribution in [2.75, 3.05) is 13.9 Å². The van der Waals surface area contributed by atoms with Crippen LogP contribution in [-0.2, 0) is 18.0 Å². The minimum absolute atomic E-state index is 0.112. The Morgan fingerprint density at radius 3 is 2.79 bits per heavy atom. The van der Waals surface area contributed by atoms with E-state index in [1.54, 1.807) is 32.2 Å². The second kappa shape index (κ2) is 8.92. The molecule has 0 amide bonds. The van der Waals surface area contributed by atoms with Crippen LogP contribution in [0.2, 0.25) is 0 Å². The fourth-order valence-electron chi connectivity index (χ4n) is 4.06. The van der Waals surface area contributed by atoms with Crippen molar-refractivity contribution in [2.45, 2.75) is 20.1 Å². The molecule has 0 spiro atoms. The topological polar surface area (TPSA) is 67.1 Å². The highest BCUT2D eigenvalue weighted by molar-refractivity contribution is 9.10. The smallest absolute Gasteiger partial charge is 0.200 e. The second-order valence-electron chi connectivity index (χ2n) is 7.67. The maximum Gasteiger partial charge on any atom is 0.200 e. The molecule has 168 valence electrons. The predicted molar refractivity (Wildman–Crippen MR) is 128 cm³/mol. The molecule has 0 radical (unpaired) electrons. The number of aryl methyl sites for hydroxylation is 1. The maximum absolute atomic E-state index is 13.3. The Labute approximate surface area is 198 Å². The fraction of sp³-hybridized carbons (Fsp3) is 0.192. The van der Waals surface area contributed by atoms with E-state index < -0.39 is 0 Å². The number of hydrogen-bond acceptors (Lipinski definition) is 6. The normalized spacial score (nSPS) is 12.8. The summed E-state index contributed by atoms with van der Waals surface area (Å²) in [6, 6.07) is 16.6. The number of ether oxygens (including phenoxy) is 4. The number of rotatable bonds is 5. The van der Waals surface area contributed by atoms with Gasteiger partial charge in [0.25, 0.3) is 0 Å². The average molecular weight is 509 g/mol. The van der Waals surface area contributed by atoms with Crippen molar-refractivity contribution in [3.63, 3.8) is 0 Å². The Kier molecular flexibility index (Phi) is 5.83. The van der Waals surface area contributed by atoms with Crippen LogP contribution >= 0.6 is 15.9 Å². The number of hydrogen-bond donors (Lipinski definition) is 0. The van der Waals surface area contributed by atoms with Gasteiger partial charge in [-0.05, 0) is 37.3 Å². The second-order valence-corrected chi connectivity index (χ2v) is 8.59. The van der Waals surface area contributed by atoms with Crippen LogP contribution in [-0.4, -0.2) is 13.9 Å². The minimum Gasteiger partial charge on any atom is -0.496 e. The van der Waals surface area contributed by atoms with Gasteiger partial charge in [-0.2, -0.15) is 0 Å². The summed E-state index contributed by atoms with van der Waals surface area (Å²) in [5.41, 5.74) is 3.43. The molecule has 2 heterocycles. The van der Waals surface area contributed by atoms with Gasteiger partial charge in [0, 0.05) is 27.2 Å². The Morgan fingerprint density at radius 2 is 1.94 bits per heavy atom. The van der Waals surface area contributed by atoms with Crippen molar-refractivity contribution in [3.8, 4) is 28.4 Å². The van der Waals surface area contributed by atoms with E-state index in [9.17, 15) is 4.79 Å². The van der Waals surface area contributed by atoms with Crippen LogP contribution in [0.25, 0.3) is 22.1 Å². The summed E-state index contributed by atoms with van der Waals surface area (Å²) in [6.07, 6.45) is 0. The monoisotopic (exact) mass is 508 g/mol. The molecule has 0 fully saturated rings. The summed E-state index contributed by atoms with van der Waals surface area (Å²) >= 11 is 3.53. The van der Waals surface area contributed by atoms with Gasteiger partial charge in [-0.1, -0.05) is 34.1 Å². The molecule has 0 N–H and O–H groups in total. The van der Waals surface area contributed by atoms with Crippen LogP contribution in [0.4, 0.5) is 0 Å². The van der Waals surface area contributed by atoms with Crippen molar-refractivity contribution in [1.29, 1.82) is 0 Å². The summed E-state index contributed by atoms with van der Waals surface area (Å²) < 4.78 is 29.5. The maximum atomic E-state index is 13.3. The molecule has 1 aromatic heterocycles. The summed E-state index contributed by atoms with van der Waals surface area (Å²) in [4.78, 5) is 13.3. The van der Waals surface area contributed by atoms with Crippen molar-refractivity contribution < 1.29 is 23.4 Å². The van der Waals surface area contributed by atoms with Gasteiger partial charge in [-0.15, -0.1) is 0 Å². The van der Waals surface area contributed by atoms with Gasteiger partial charge >= 0.3 is 0 Å². The summed E-state index contributed by atoms with van der Waals surface area (Å²) in [6.45, 7) is 2.80. The van der Waals surface area contributed by atoms with E-state index >= 15 is 0 Å². The zero-order valence-electron chi connectivity index (χ0n) is 18.1. The predicted octanol–water partition coefficient (Wildman–Crippen LogP) is 5.99. The first-order valence-corrected chi connectivity index (χ1v) is 11.2. The lowest BCUT2D eigenvalue weighted by Crippen LogP contribution is -2.14. The third kappa shape index (κ3) is 4.10. The van der Waals surface area contributed by atoms with Crippen LogP contribution in [0, 0.1) is 6.92 Å². The zero-order valence-corrected chi connectivity index (χ0v) is 19.7. The van der Waals surface area contributed by atoms with Crippen molar-refractivity contribution in [2.24, 2.45) is 0 Å². The van der Waals surface area contributed by atoms with Crippen LogP contribution in [0.15, 0.2) is 68.3 Å². The number of fused-ring (bicyclic) bond motifs is 2. The van der Waals surface area contributed by atoms with E-state index in [2.05, 4.69) is 15.9 Å². The lowest BCUT2D eigenvalue weighted by Gasteiger charge is -2.21. The van der Waals surface area contributed by atoms with E-state index in [0.29, 0.717) is 52.6 Å². The number of benzene rings is 3. The van der Waals surface area contributed by atoms with Crippen LogP contribution < -0.4 is 19.6 Å². The highest BCUT2D eigenvalue weighted by atomic mass is 79.9. The van der Waals surface area contributed by atoms with Gasteiger partial charge in [0.2, 0.25) is 5.43 Å². The molecule has 4 aromatic rings. The van der Waals surface area contributed by atoms with Gasteiger partial charge in [-0.25, -0.2) is 0 Å². The SMILES string of the molecule is COc1ccccc1-c1c(C)oc2cc(OCc3cc(Br)cc4c3OCOC4)ccc2c1=O. The Bertz CT molecular complexity index is 1410. The third-order valence-corrected chi connectivity index (χ3v) is 6.02. The van der Waals surface area contributed by atoms with Crippen LogP contribution in [0.3, 0.4) is 0 Å². The molecule has 0 saturated carbocycles. The Hall–Kier alpha value is -3.29. The largest absolute Gasteiger partial charge is 0.496 e. The first-order valence-electron chi connectivity index (χ1n) is 10.4. The highest BCUT2D eigenvalue weighted by Crippen LogP contribution is 2.34. The summed E-state index contributed by atoms with van der Waals surface area (Å²) in [5, 5.41) is 0.481. The van der Waals surface area contributed by atoms with Crippen LogP contribution in [0.5, 0.6) is 17.2 Å². The van der Waals surface area contributed by atoms with Gasteiger partial charge in [-0.3, -0.25) is 4.79 Å². The molecule has 7 heteroatoms. The fourth-order valence-corrected chi connectivity index (χ4v) is 4.62. The standard InChI is InChI=1S/C26H21BrO6/c1-15-24(20-5-3-4-6-22(20)29-2)25(28)21-8-7-19(11-23(21)33-15)31-13-17-10-18(27)9-16-12-30-14-32-26(16)17/h3-11H,12-14H2,1-2H3. The van der Waals surface area contributed by atoms with Gasteiger partial charge < -0.3 is 23.4 Å². The first-order chi connectivity index (χ1) is 16.0. The molecule has 33 heavy (non-hydrogen) atoms. The molecule has 0 bridgehead atoms. The molecule has 5 rings (SSSR count). The summed E-state index contributed by atoms with van der Waals surface area (Å²) in [7, 11) is 1.58. The zero-order chi connectivity index (χ0) is 22.9. The lowest BCUT2D eigenvalue weighted by molar-refractivity contribution is -0.0176. The third-order valence-electron chi connectivity index (χ3n) is 5.56. The molecule has 3 aromatic carbocycles. The average Bonchev–Trinajstić information content (AvgIpc) is 2.82. The van der Waals surface area contributed by atoms with E-state index in [-0.39, 0.29) is 12.2 Å². The first kappa shape index (κ1) is 21.6. The quantitative estimate of drug-likeness (QED) is 0.330. The van der Waals surface area contributed by atoms with Gasteiger partial charge in [0.05, 0.1) is 24.7 Å². The van der Waals surface area contributed by atoms with E-state index in [1.165, 1.54) is 0 Å². The molecule has 1 aliphatic rings. The van der Waals surface area contributed by atoms with Crippen molar-refractivity contribution in [3.05, 3.63) is 86.2 Å². The van der Waals surface area contributed by atoms with Crippen molar-refractivity contribution >= 4 is 26.9 Å². The van der Waals surface area contributed by atoms with Gasteiger partial charge in [0.15, 0.2) is 6.79 Å². The number of para-hydroxylation sites is 1. The van der Waals surface area contributed by atoms with E-state index in [4.69, 9.17) is 23.4 Å². The molecule has 0 atom stereocenters. The molecule has 6 nitrogen and oxygen atoms in total. The molecule has 0 saturated heterocycles.